The molecule has 0 unspecified atom stereocenters. The van der Waals surface area contributed by atoms with Crippen LogP contribution in [0, 0.1) is 0 Å². The van der Waals surface area contributed by atoms with Crippen LogP contribution in [0.3, 0.4) is 0 Å². The topological polar surface area (TPSA) is 30.8 Å². The molecule has 0 aliphatic carbocycles. The first-order valence-electron chi connectivity index (χ1n) is 6.07. The predicted octanol–water partition coefficient (Wildman–Crippen LogP) is 3.60. The molecule has 0 radical (unpaired) electrons. The van der Waals surface area contributed by atoms with Crippen molar-refractivity contribution >= 4 is 25.6 Å². The molecule has 1 heterocycles. The summed E-state index contributed by atoms with van der Waals surface area (Å²) in [6.07, 6.45) is 0.325. The van der Waals surface area contributed by atoms with Gasteiger partial charge in [0.15, 0.2) is 8.32 Å². The molecule has 0 saturated heterocycles. The first kappa shape index (κ1) is 13.6. The summed E-state index contributed by atoms with van der Waals surface area (Å²) >= 11 is 6.37. The Kier molecular flexibility index (Phi) is 4.09. The van der Waals surface area contributed by atoms with Crippen LogP contribution in [0.2, 0.25) is 19.6 Å². The second kappa shape index (κ2) is 5.43. The SMILES string of the molecule is C[Si](C)(C)O[C@H]1C[C@@H](Cl)C(c2ccccc2)=NO1. The van der Waals surface area contributed by atoms with E-state index >= 15 is 0 Å². The van der Waals surface area contributed by atoms with Crippen LogP contribution in [0.5, 0.6) is 0 Å². The Morgan fingerprint density at radius 3 is 2.50 bits per heavy atom. The summed E-state index contributed by atoms with van der Waals surface area (Å²) in [6, 6.07) is 9.86. The minimum Gasteiger partial charge on any atom is -0.382 e. The van der Waals surface area contributed by atoms with Crippen molar-refractivity contribution < 1.29 is 9.26 Å². The highest BCUT2D eigenvalue weighted by atomic mass is 35.5. The van der Waals surface area contributed by atoms with Crippen molar-refractivity contribution in [2.24, 2.45) is 5.16 Å². The predicted molar refractivity (Wildman–Crippen MR) is 76.5 cm³/mol. The number of oxime groups is 1. The summed E-state index contributed by atoms with van der Waals surface area (Å²) in [7, 11) is -1.63. The van der Waals surface area contributed by atoms with Crippen molar-refractivity contribution in [1.82, 2.24) is 0 Å². The van der Waals surface area contributed by atoms with Crippen molar-refractivity contribution in [2.75, 3.05) is 0 Å². The summed E-state index contributed by atoms with van der Waals surface area (Å²) in [4.78, 5) is 5.41. The maximum atomic E-state index is 6.37. The van der Waals surface area contributed by atoms with Gasteiger partial charge in [-0.3, -0.25) is 0 Å². The number of rotatable bonds is 3. The summed E-state index contributed by atoms with van der Waals surface area (Å²) in [5, 5.41) is 3.96. The second-order valence-corrected chi connectivity index (χ2v) is 10.3. The molecule has 1 aromatic carbocycles. The van der Waals surface area contributed by atoms with Crippen molar-refractivity contribution in [2.45, 2.75) is 37.7 Å². The van der Waals surface area contributed by atoms with Crippen LogP contribution in [0.15, 0.2) is 35.5 Å². The molecular weight excluding hydrogens is 266 g/mol. The zero-order chi connectivity index (χ0) is 13.2. The lowest BCUT2D eigenvalue weighted by molar-refractivity contribution is -0.0937. The minimum atomic E-state index is -1.63. The Morgan fingerprint density at radius 1 is 1.28 bits per heavy atom. The van der Waals surface area contributed by atoms with Gasteiger partial charge in [0.1, 0.15) is 5.71 Å². The number of alkyl halides is 1. The summed E-state index contributed by atoms with van der Waals surface area (Å²) < 4.78 is 5.86. The van der Waals surface area contributed by atoms with Crippen LogP contribution in [0.1, 0.15) is 12.0 Å². The van der Waals surface area contributed by atoms with Gasteiger partial charge in [-0.1, -0.05) is 35.5 Å². The van der Waals surface area contributed by atoms with Crippen LogP contribution in [-0.4, -0.2) is 25.7 Å². The number of hydrogen-bond donors (Lipinski definition) is 0. The molecule has 5 heteroatoms. The monoisotopic (exact) mass is 283 g/mol. The molecule has 0 spiro atoms. The van der Waals surface area contributed by atoms with Gasteiger partial charge >= 0.3 is 0 Å². The van der Waals surface area contributed by atoms with E-state index in [4.69, 9.17) is 20.9 Å². The van der Waals surface area contributed by atoms with Crippen LogP contribution in [0.25, 0.3) is 0 Å². The summed E-state index contributed by atoms with van der Waals surface area (Å²) in [5.74, 6) is 0. The van der Waals surface area contributed by atoms with Gasteiger partial charge in [0.25, 0.3) is 0 Å². The first-order chi connectivity index (χ1) is 8.46. The highest BCUT2D eigenvalue weighted by Crippen LogP contribution is 2.24. The van der Waals surface area contributed by atoms with E-state index in [2.05, 4.69) is 24.8 Å². The minimum absolute atomic E-state index is 0.164. The number of benzene rings is 1. The Labute approximate surface area is 114 Å². The van der Waals surface area contributed by atoms with E-state index in [1.54, 1.807) is 0 Å². The third-order valence-corrected chi connectivity index (χ3v) is 3.87. The Morgan fingerprint density at radius 2 is 1.94 bits per heavy atom. The normalized spacial score (nSPS) is 24.3. The number of hydrogen-bond acceptors (Lipinski definition) is 3. The van der Waals surface area contributed by atoms with Gasteiger partial charge in [-0.25, -0.2) is 0 Å². The quantitative estimate of drug-likeness (QED) is 0.627. The van der Waals surface area contributed by atoms with Gasteiger partial charge in [0.05, 0.1) is 5.38 Å². The lowest BCUT2D eigenvalue weighted by Crippen LogP contribution is -2.38. The lowest BCUT2D eigenvalue weighted by atomic mass is 10.0. The Balaban J connectivity index is 2.09. The molecule has 1 aliphatic heterocycles. The molecule has 2 atom stereocenters. The van der Waals surface area contributed by atoms with Gasteiger partial charge in [-0.2, -0.15) is 0 Å². The van der Waals surface area contributed by atoms with Gasteiger partial charge in [-0.05, 0) is 19.6 Å². The molecule has 2 rings (SSSR count). The molecule has 0 fully saturated rings. The summed E-state index contributed by atoms with van der Waals surface area (Å²) in [5.41, 5.74) is 1.79. The zero-order valence-electron chi connectivity index (χ0n) is 10.9. The van der Waals surface area contributed by atoms with E-state index in [1.807, 2.05) is 30.3 Å². The molecule has 0 saturated carbocycles. The van der Waals surface area contributed by atoms with E-state index < -0.39 is 8.32 Å². The van der Waals surface area contributed by atoms with Gasteiger partial charge < -0.3 is 9.26 Å². The van der Waals surface area contributed by atoms with Crippen LogP contribution < -0.4 is 0 Å². The third-order valence-electron chi connectivity index (χ3n) is 2.52. The average Bonchev–Trinajstić information content (AvgIpc) is 2.28. The van der Waals surface area contributed by atoms with E-state index in [9.17, 15) is 0 Å². The number of nitrogens with zero attached hydrogens (tertiary/aromatic N) is 1. The molecule has 0 bridgehead atoms. The fraction of sp³-hybridized carbons (Fsp3) is 0.462. The fourth-order valence-electron chi connectivity index (χ4n) is 1.80. The Hall–Kier alpha value is -0.843. The van der Waals surface area contributed by atoms with E-state index in [-0.39, 0.29) is 11.7 Å². The van der Waals surface area contributed by atoms with E-state index in [0.29, 0.717) is 6.42 Å². The fourth-order valence-corrected chi connectivity index (χ4v) is 3.04. The van der Waals surface area contributed by atoms with E-state index in [0.717, 1.165) is 11.3 Å². The van der Waals surface area contributed by atoms with Crippen LogP contribution in [-0.2, 0) is 9.26 Å². The maximum absolute atomic E-state index is 6.37. The van der Waals surface area contributed by atoms with Gasteiger partial charge in [0.2, 0.25) is 6.29 Å². The molecule has 3 nitrogen and oxygen atoms in total. The molecule has 0 aromatic heterocycles. The van der Waals surface area contributed by atoms with Gasteiger partial charge in [-0.15, -0.1) is 11.6 Å². The standard InChI is InChI=1S/C13H18ClNO2Si/c1-18(2,3)17-12-9-11(14)13(15-16-12)10-7-5-4-6-8-10/h4-8,11-12H,9H2,1-3H3/t11-,12+/m1/s1. The zero-order valence-corrected chi connectivity index (χ0v) is 12.6. The Bertz CT molecular complexity index is 430. The molecule has 1 aliphatic rings. The highest BCUT2D eigenvalue weighted by molar-refractivity contribution is 6.69. The van der Waals surface area contributed by atoms with E-state index in [1.165, 1.54) is 0 Å². The van der Waals surface area contributed by atoms with Crippen molar-refractivity contribution in [1.29, 1.82) is 0 Å². The molecule has 1 aromatic rings. The smallest absolute Gasteiger partial charge is 0.219 e. The first-order valence-corrected chi connectivity index (χ1v) is 9.91. The molecule has 18 heavy (non-hydrogen) atoms. The largest absolute Gasteiger partial charge is 0.382 e. The van der Waals surface area contributed by atoms with Crippen LogP contribution >= 0.6 is 11.6 Å². The molecule has 0 N–H and O–H groups in total. The third kappa shape index (κ3) is 3.57. The average molecular weight is 284 g/mol. The maximum Gasteiger partial charge on any atom is 0.219 e. The van der Waals surface area contributed by atoms with Crippen LogP contribution in [0.4, 0.5) is 0 Å². The van der Waals surface area contributed by atoms with Crippen molar-refractivity contribution in [3.63, 3.8) is 0 Å². The lowest BCUT2D eigenvalue weighted by Gasteiger charge is -2.29. The van der Waals surface area contributed by atoms with Crippen molar-refractivity contribution in [3.05, 3.63) is 35.9 Å². The van der Waals surface area contributed by atoms with Crippen molar-refractivity contribution in [3.8, 4) is 0 Å². The highest BCUT2D eigenvalue weighted by Gasteiger charge is 2.31. The molecular formula is C13H18ClNO2Si. The number of halogens is 1. The molecule has 98 valence electrons. The molecule has 0 amide bonds. The summed E-state index contributed by atoms with van der Waals surface area (Å²) in [6.45, 7) is 6.36. The second-order valence-electron chi connectivity index (χ2n) is 5.31. The van der Waals surface area contributed by atoms with Gasteiger partial charge in [0, 0.05) is 12.0 Å².